The zero-order chi connectivity index (χ0) is 31.6. The van der Waals surface area contributed by atoms with E-state index in [1.165, 1.54) is 0 Å². The first-order chi connectivity index (χ1) is 20.3. The molecule has 0 aromatic heterocycles. The van der Waals surface area contributed by atoms with Crippen LogP contribution in [0.15, 0.2) is 30.3 Å². The lowest BCUT2D eigenvalue weighted by Crippen LogP contribution is -2.56. The number of amides is 4. The molecule has 11 nitrogen and oxygen atoms in total. The van der Waals surface area contributed by atoms with Gasteiger partial charge >= 0.3 is 12.1 Å². The van der Waals surface area contributed by atoms with Crippen molar-refractivity contribution in [2.45, 2.75) is 122 Å². The summed E-state index contributed by atoms with van der Waals surface area (Å²) in [6, 6.07) is 6.80. The molecule has 11 heteroatoms. The van der Waals surface area contributed by atoms with E-state index in [0.29, 0.717) is 25.7 Å². The van der Waals surface area contributed by atoms with E-state index < -0.39 is 47.6 Å². The number of benzene rings is 1. The maximum Gasteiger partial charge on any atom is 0.407 e. The summed E-state index contributed by atoms with van der Waals surface area (Å²) in [7, 11) is 0. The molecule has 2 aliphatic carbocycles. The molecule has 6 atom stereocenters. The molecule has 0 unspecified atom stereocenters. The average molecular weight is 601 g/mol. The number of ether oxygens (including phenoxy) is 2. The fraction of sp³-hybridized carbons (Fsp3) is 0.656. The minimum absolute atomic E-state index is 0.115. The first-order valence-electron chi connectivity index (χ1n) is 15.4. The van der Waals surface area contributed by atoms with Crippen LogP contribution in [0.25, 0.3) is 0 Å². The van der Waals surface area contributed by atoms with Crippen molar-refractivity contribution in [3.05, 3.63) is 35.9 Å². The minimum atomic E-state index is -0.842. The van der Waals surface area contributed by atoms with Gasteiger partial charge in [0.2, 0.25) is 17.7 Å². The van der Waals surface area contributed by atoms with Gasteiger partial charge in [0.15, 0.2) is 0 Å². The number of hydrogen-bond donors (Lipinski definition) is 4. The molecule has 0 heterocycles. The Labute approximate surface area is 254 Å². The molecular weight excluding hydrogens is 552 g/mol. The van der Waals surface area contributed by atoms with Gasteiger partial charge in [-0.15, -0.1) is 0 Å². The van der Waals surface area contributed by atoms with Crippen molar-refractivity contribution in [2.75, 3.05) is 0 Å². The van der Waals surface area contributed by atoms with Gasteiger partial charge in [-0.1, -0.05) is 56.0 Å². The summed E-state index contributed by atoms with van der Waals surface area (Å²) in [5.41, 5.74) is 0.199. The van der Waals surface area contributed by atoms with E-state index >= 15 is 0 Å². The second-order valence-electron chi connectivity index (χ2n) is 12.7. The number of nitrogens with one attached hydrogen (secondary N) is 4. The van der Waals surface area contributed by atoms with E-state index in [1.54, 1.807) is 34.6 Å². The van der Waals surface area contributed by atoms with Crippen LogP contribution in [0.5, 0.6) is 0 Å². The highest BCUT2D eigenvalue weighted by Crippen LogP contribution is 2.27. The zero-order valence-corrected chi connectivity index (χ0v) is 26.1. The average Bonchev–Trinajstić information content (AvgIpc) is 2.95. The van der Waals surface area contributed by atoms with Crippen molar-refractivity contribution in [2.24, 2.45) is 11.8 Å². The Kier molecular flexibility index (Phi) is 12.4. The molecule has 0 bridgehead atoms. The van der Waals surface area contributed by atoms with Gasteiger partial charge < -0.3 is 30.7 Å². The Morgan fingerprint density at radius 1 is 0.767 bits per heavy atom. The van der Waals surface area contributed by atoms with Gasteiger partial charge in [0, 0.05) is 12.1 Å². The summed E-state index contributed by atoms with van der Waals surface area (Å²) >= 11 is 0. The van der Waals surface area contributed by atoms with Gasteiger partial charge in [-0.25, -0.2) is 9.59 Å². The Balaban J connectivity index is 1.51. The van der Waals surface area contributed by atoms with E-state index in [2.05, 4.69) is 21.3 Å². The Bertz CT molecular complexity index is 1120. The number of esters is 1. The third-order valence-electron chi connectivity index (χ3n) is 7.92. The Morgan fingerprint density at radius 3 is 1.84 bits per heavy atom. The van der Waals surface area contributed by atoms with E-state index in [4.69, 9.17) is 9.47 Å². The van der Waals surface area contributed by atoms with Crippen LogP contribution in [0.3, 0.4) is 0 Å². The summed E-state index contributed by atoms with van der Waals surface area (Å²) in [6.07, 6.45) is 5.28. The first kappa shape index (κ1) is 33.9. The van der Waals surface area contributed by atoms with Crippen LogP contribution in [0.4, 0.5) is 4.79 Å². The van der Waals surface area contributed by atoms with Crippen LogP contribution in [-0.2, 0) is 35.3 Å². The van der Waals surface area contributed by atoms with Crippen LogP contribution in [0, 0.1) is 11.8 Å². The molecule has 3 rings (SSSR count). The molecule has 0 spiro atoms. The van der Waals surface area contributed by atoms with E-state index in [0.717, 1.165) is 31.2 Å². The molecule has 2 saturated carbocycles. The normalized spacial score (nSPS) is 23.6. The number of hydrogen-bond acceptors (Lipinski definition) is 7. The molecule has 0 radical (unpaired) electrons. The summed E-state index contributed by atoms with van der Waals surface area (Å²) in [6.45, 7) is 8.63. The topological polar surface area (TPSA) is 152 Å². The monoisotopic (exact) mass is 600 g/mol. The van der Waals surface area contributed by atoms with Crippen molar-refractivity contribution in [3.63, 3.8) is 0 Å². The predicted octanol–water partition coefficient (Wildman–Crippen LogP) is 3.50. The lowest BCUT2D eigenvalue weighted by atomic mass is 9.83. The molecule has 4 N–H and O–H groups in total. The second-order valence-corrected chi connectivity index (χ2v) is 12.7. The second kappa shape index (κ2) is 15.7. The molecule has 238 valence electrons. The number of rotatable bonds is 10. The molecule has 4 amide bonds. The van der Waals surface area contributed by atoms with Gasteiger partial charge in [-0.05, 0) is 65.9 Å². The van der Waals surface area contributed by atoms with Crippen LogP contribution in [-0.4, -0.2) is 59.6 Å². The highest BCUT2D eigenvalue weighted by molar-refractivity contribution is 5.90. The highest BCUT2D eigenvalue weighted by atomic mass is 16.6. The van der Waals surface area contributed by atoms with Crippen molar-refractivity contribution in [3.8, 4) is 0 Å². The molecule has 43 heavy (non-hydrogen) atoms. The summed E-state index contributed by atoms with van der Waals surface area (Å²) in [5, 5.41) is 11.3. The zero-order valence-electron chi connectivity index (χ0n) is 26.1. The lowest BCUT2D eigenvalue weighted by Gasteiger charge is -2.34. The standard InChI is InChI=1S/C32H48N4O7/c1-20(33-28(38)24-16-10-12-18-26(24)36-31(41)43-32(3,4)5)27(37)35-25-17-11-9-15-23(25)29(39)34-21(2)30(40)42-19-22-13-7-6-8-14-22/h6-8,13-14,20-21,23-26H,9-12,15-19H2,1-5H3,(H,33,38)(H,34,39)(H,35,37)(H,36,41)/t20-,21-,23+,24+,25-,26-/m0/s1. The van der Waals surface area contributed by atoms with Crippen molar-refractivity contribution >= 4 is 29.8 Å². The molecule has 0 saturated heterocycles. The molecule has 1 aromatic carbocycles. The van der Waals surface area contributed by atoms with E-state index in [-0.39, 0.29) is 30.4 Å². The van der Waals surface area contributed by atoms with Gasteiger partial charge in [0.25, 0.3) is 0 Å². The van der Waals surface area contributed by atoms with Crippen LogP contribution in [0.1, 0.15) is 91.5 Å². The van der Waals surface area contributed by atoms with Crippen molar-refractivity contribution in [1.29, 1.82) is 0 Å². The summed E-state index contributed by atoms with van der Waals surface area (Å²) in [4.78, 5) is 64.3. The fourth-order valence-electron chi connectivity index (χ4n) is 5.62. The number of alkyl carbamates (subject to hydrolysis) is 1. The molecule has 0 aliphatic heterocycles. The van der Waals surface area contributed by atoms with Crippen molar-refractivity contribution < 1.29 is 33.4 Å². The maximum absolute atomic E-state index is 13.2. The summed E-state index contributed by atoms with van der Waals surface area (Å²) in [5.74, 6) is -2.53. The van der Waals surface area contributed by atoms with Gasteiger partial charge in [0.1, 0.15) is 24.3 Å². The molecule has 1 aromatic rings. The quantitative estimate of drug-likeness (QED) is 0.300. The number of carbonyl (C=O) groups excluding carboxylic acids is 5. The van der Waals surface area contributed by atoms with Gasteiger partial charge in [0.05, 0.1) is 11.8 Å². The van der Waals surface area contributed by atoms with Crippen LogP contribution < -0.4 is 21.3 Å². The largest absolute Gasteiger partial charge is 0.459 e. The molecule has 2 fully saturated rings. The van der Waals surface area contributed by atoms with E-state index in [9.17, 15) is 24.0 Å². The third-order valence-corrected chi connectivity index (χ3v) is 7.92. The van der Waals surface area contributed by atoms with Crippen LogP contribution in [0.2, 0.25) is 0 Å². The maximum atomic E-state index is 13.2. The summed E-state index contributed by atoms with van der Waals surface area (Å²) < 4.78 is 10.7. The van der Waals surface area contributed by atoms with Crippen molar-refractivity contribution in [1.82, 2.24) is 21.3 Å². The predicted molar refractivity (Wildman–Crippen MR) is 160 cm³/mol. The van der Waals surface area contributed by atoms with Crippen LogP contribution >= 0.6 is 0 Å². The Morgan fingerprint density at radius 2 is 1.28 bits per heavy atom. The SMILES string of the molecule is C[C@H](NC(=O)[C@@H]1CCCC[C@@H]1NC(=O)OC(C)(C)C)C(=O)N[C@H]1CCCC[C@H]1C(=O)N[C@@H](C)C(=O)OCc1ccccc1. The molecule has 2 aliphatic rings. The fourth-order valence-corrected chi connectivity index (χ4v) is 5.62. The highest BCUT2D eigenvalue weighted by Gasteiger charge is 2.37. The third kappa shape index (κ3) is 10.9. The van der Waals surface area contributed by atoms with E-state index in [1.807, 2.05) is 30.3 Å². The molecular formula is C32H48N4O7. The minimum Gasteiger partial charge on any atom is -0.459 e. The smallest absolute Gasteiger partial charge is 0.407 e. The lowest BCUT2D eigenvalue weighted by molar-refractivity contribution is -0.149. The number of carbonyl (C=O) groups is 5. The van der Waals surface area contributed by atoms with Gasteiger partial charge in [-0.2, -0.15) is 0 Å². The first-order valence-corrected chi connectivity index (χ1v) is 15.4. The van der Waals surface area contributed by atoms with Gasteiger partial charge in [-0.3, -0.25) is 14.4 Å². The Hall–Kier alpha value is -3.63.